The Morgan fingerprint density at radius 1 is 1.04 bits per heavy atom. The lowest BCUT2D eigenvalue weighted by Crippen LogP contribution is -2.06. The standard InChI is InChI=1S/C18H13N5O2/c24-18-16(12-7-3-4-8-13(12)19-18)17-11-6-2-1-5-10(11)14(25-17)9-15-20-22-23-21-15/h1-8,14H,9H2,(H,19,24)(H,20,21,22,23). The third-order valence-corrected chi connectivity index (χ3v) is 4.47. The Balaban J connectivity index is 1.65. The lowest BCUT2D eigenvalue weighted by molar-refractivity contribution is -0.110. The zero-order valence-electron chi connectivity index (χ0n) is 13.1. The zero-order chi connectivity index (χ0) is 16.8. The number of H-pyrrole nitrogens is 1. The van der Waals surface area contributed by atoms with Gasteiger partial charge in [0.15, 0.2) is 5.82 Å². The van der Waals surface area contributed by atoms with Gasteiger partial charge in [0.2, 0.25) is 0 Å². The van der Waals surface area contributed by atoms with Crippen molar-refractivity contribution < 1.29 is 9.53 Å². The van der Waals surface area contributed by atoms with Gasteiger partial charge in [-0.3, -0.25) is 4.79 Å². The maximum Gasteiger partial charge on any atom is 0.260 e. The molecule has 3 aromatic rings. The molecule has 2 N–H and O–H groups in total. The van der Waals surface area contributed by atoms with Gasteiger partial charge in [0, 0.05) is 22.4 Å². The summed E-state index contributed by atoms with van der Waals surface area (Å²) >= 11 is 0. The number of tetrazole rings is 1. The number of hydrogen-bond acceptors (Lipinski definition) is 5. The molecule has 5 rings (SSSR count). The van der Waals surface area contributed by atoms with Gasteiger partial charge in [0.05, 0.1) is 12.0 Å². The molecule has 2 aliphatic rings. The molecular weight excluding hydrogens is 318 g/mol. The quantitative estimate of drug-likeness (QED) is 0.703. The highest BCUT2D eigenvalue weighted by atomic mass is 16.5. The van der Waals surface area contributed by atoms with Gasteiger partial charge in [-0.1, -0.05) is 47.7 Å². The van der Waals surface area contributed by atoms with Crippen LogP contribution in [0.25, 0.3) is 11.3 Å². The van der Waals surface area contributed by atoms with Crippen molar-refractivity contribution in [2.75, 3.05) is 5.32 Å². The largest absolute Gasteiger partial charge is 0.484 e. The fraction of sp³-hybridized carbons (Fsp3) is 0.111. The average Bonchev–Trinajstić information content (AvgIpc) is 3.33. The third-order valence-electron chi connectivity index (χ3n) is 4.47. The van der Waals surface area contributed by atoms with E-state index in [0.29, 0.717) is 23.6 Å². The minimum atomic E-state index is -0.253. The monoisotopic (exact) mass is 331 g/mol. The van der Waals surface area contributed by atoms with E-state index in [1.165, 1.54) is 0 Å². The minimum Gasteiger partial charge on any atom is -0.484 e. The molecule has 1 unspecified atom stereocenters. The molecule has 0 aliphatic carbocycles. The normalized spacial score (nSPS) is 20.8. The maximum atomic E-state index is 12.6. The number of fused-ring (bicyclic) bond motifs is 2. The lowest BCUT2D eigenvalue weighted by Gasteiger charge is -2.10. The molecule has 0 bridgehead atoms. The van der Waals surface area contributed by atoms with Crippen LogP contribution in [0.1, 0.15) is 28.6 Å². The molecule has 7 nitrogen and oxygen atoms in total. The average molecular weight is 331 g/mol. The van der Waals surface area contributed by atoms with Crippen molar-refractivity contribution in [3.05, 3.63) is 71.0 Å². The van der Waals surface area contributed by atoms with Crippen LogP contribution >= 0.6 is 0 Å². The predicted octanol–water partition coefficient (Wildman–Crippen LogP) is 2.33. The maximum absolute atomic E-state index is 12.6. The number of aromatic amines is 1. The number of hydrogen-bond donors (Lipinski definition) is 2. The summed E-state index contributed by atoms with van der Waals surface area (Å²) in [5.41, 5.74) is 4.18. The van der Waals surface area contributed by atoms with Gasteiger partial charge in [0.25, 0.3) is 5.91 Å². The Bertz CT molecular complexity index is 1010. The molecule has 0 saturated carbocycles. The number of benzene rings is 2. The van der Waals surface area contributed by atoms with E-state index in [-0.39, 0.29) is 12.0 Å². The highest BCUT2D eigenvalue weighted by molar-refractivity contribution is 6.36. The summed E-state index contributed by atoms with van der Waals surface area (Å²) in [4.78, 5) is 12.6. The Hall–Kier alpha value is -3.48. The molecule has 0 fully saturated rings. The fourth-order valence-electron chi connectivity index (χ4n) is 3.38. The molecule has 3 heterocycles. The van der Waals surface area contributed by atoms with Gasteiger partial charge < -0.3 is 10.1 Å². The number of amides is 1. The molecule has 0 radical (unpaired) electrons. The van der Waals surface area contributed by atoms with Gasteiger partial charge >= 0.3 is 0 Å². The van der Waals surface area contributed by atoms with Gasteiger partial charge in [-0.15, -0.1) is 10.2 Å². The number of carbonyl (C=O) groups is 1. The first-order valence-electron chi connectivity index (χ1n) is 7.94. The SMILES string of the molecule is O=C1Nc2ccccc2C1=C1OC(Cc2nn[nH]n2)c2ccccc21. The van der Waals surface area contributed by atoms with Crippen molar-refractivity contribution >= 4 is 22.9 Å². The topological polar surface area (TPSA) is 92.8 Å². The first-order chi connectivity index (χ1) is 12.3. The van der Waals surface area contributed by atoms with Gasteiger partial charge in [-0.2, -0.15) is 5.21 Å². The van der Waals surface area contributed by atoms with Crippen LogP contribution in [0.5, 0.6) is 0 Å². The third kappa shape index (κ3) is 2.13. The van der Waals surface area contributed by atoms with E-state index in [4.69, 9.17) is 4.74 Å². The smallest absolute Gasteiger partial charge is 0.260 e. The molecule has 0 spiro atoms. The molecule has 1 amide bonds. The highest BCUT2D eigenvalue weighted by Gasteiger charge is 2.36. The molecule has 0 saturated heterocycles. The number of nitrogens with one attached hydrogen (secondary N) is 2. The number of ether oxygens (including phenoxy) is 1. The van der Waals surface area contributed by atoms with E-state index in [2.05, 4.69) is 25.9 Å². The van der Waals surface area contributed by atoms with Crippen LogP contribution in [-0.4, -0.2) is 26.5 Å². The van der Waals surface area contributed by atoms with E-state index in [0.717, 1.165) is 22.4 Å². The summed E-state index contributed by atoms with van der Waals surface area (Å²) in [6, 6.07) is 15.5. The van der Waals surface area contributed by atoms with Gasteiger partial charge in [-0.05, 0) is 6.07 Å². The van der Waals surface area contributed by atoms with Crippen molar-refractivity contribution in [3.63, 3.8) is 0 Å². The Morgan fingerprint density at radius 3 is 2.68 bits per heavy atom. The second kappa shape index (κ2) is 5.27. The molecule has 2 aromatic carbocycles. The predicted molar refractivity (Wildman–Crippen MR) is 90.0 cm³/mol. The Labute approximate surface area is 142 Å². The van der Waals surface area contributed by atoms with E-state index < -0.39 is 0 Å². The van der Waals surface area contributed by atoms with Crippen LogP contribution in [0, 0.1) is 0 Å². The number of para-hydroxylation sites is 1. The van der Waals surface area contributed by atoms with Gasteiger partial charge in [-0.25, -0.2) is 0 Å². The Kier molecular flexibility index (Phi) is 2.93. The second-order valence-electron chi connectivity index (χ2n) is 5.93. The number of rotatable bonds is 2. The van der Waals surface area contributed by atoms with Crippen LogP contribution in [-0.2, 0) is 16.0 Å². The van der Waals surface area contributed by atoms with Crippen molar-refractivity contribution in [2.45, 2.75) is 12.5 Å². The lowest BCUT2D eigenvalue weighted by atomic mass is 9.98. The zero-order valence-corrected chi connectivity index (χ0v) is 13.1. The van der Waals surface area contributed by atoms with Crippen molar-refractivity contribution in [1.82, 2.24) is 20.6 Å². The van der Waals surface area contributed by atoms with Crippen LogP contribution in [0.4, 0.5) is 5.69 Å². The number of carbonyl (C=O) groups excluding carboxylic acids is 1. The fourth-order valence-corrected chi connectivity index (χ4v) is 3.38. The number of anilines is 1. The molecule has 122 valence electrons. The van der Waals surface area contributed by atoms with Crippen LogP contribution < -0.4 is 5.32 Å². The Morgan fingerprint density at radius 2 is 1.84 bits per heavy atom. The van der Waals surface area contributed by atoms with Crippen molar-refractivity contribution in [1.29, 1.82) is 0 Å². The summed E-state index contributed by atoms with van der Waals surface area (Å²) in [7, 11) is 0. The van der Waals surface area contributed by atoms with E-state index in [9.17, 15) is 4.79 Å². The summed E-state index contributed by atoms with van der Waals surface area (Å²) in [5.74, 6) is 1.03. The van der Waals surface area contributed by atoms with Crippen LogP contribution in [0.15, 0.2) is 48.5 Å². The van der Waals surface area contributed by atoms with Crippen molar-refractivity contribution in [2.24, 2.45) is 0 Å². The van der Waals surface area contributed by atoms with Crippen molar-refractivity contribution in [3.8, 4) is 0 Å². The van der Waals surface area contributed by atoms with Crippen LogP contribution in [0.3, 0.4) is 0 Å². The van der Waals surface area contributed by atoms with E-state index in [1.54, 1.807) is 0 Å². The minimum absolute atomic E-state index is 0.147. The number of aromatic nitrogens is 4. The second-order valence-corrected chi connectivity index (χ2v) is 5.93. The molecule has 1 atom stereocenters. The van der Waals surface area contributed by atoms with E-state index >= 15 is 0 Å². The molecular formula is C18H13N5O2. The summed E-state index contributed by atoms with van der Waals surface area (Å²) in [5, 5.41) is 16.9. The molecule has 1 aromatic heterocycles. The summed E-state index contributed by atoms with van der Waals surface area (Å²) in [6.07, 6.45) is 0.227. The first kappa shape index (κ1) is 13.9. The van der Waals surface area contributed by atoms with E-state index in [1.807, 2.05) is 48.5 Å². The molecule has 25 heavy (non-hydrogen) atoms. The van der Waals surface area contributed by atoms with Crippen LogP contribution in [0.2, 0.25) is 0 Å². The van der Waals surface area contributed by atoms with Gasteiger partial charge in [0.1, 0.15) is 11.9 Å². The highest BCUT2D eigenvalue weighted by Crippen LogP contribution is 2.46. The molecule has 7 heteroatoms. The summed E-state index contributed by atoms with van der Waals surface area (Å²) < 4.78 is 6.21. The summed E-state index contributed by atoms with van der Waals surface area (Å²) in [6.45, 7) is 0. The first-order valence-corrected chi connectivity index (χ1v) is 7.94. The molecule has 2 aliphatic heterocycles. The number of nitrogens with zero attached hydrogens (tertiary/aromatic N) is 3.